The van der Waals surface area contributed by atoms with Gasteiger partial charge in [-0.3, -0.25) is 0 Å². The summed E-state index contributed by atoms with van der Waals surface area (Å²) < 4.78 is 0. The Labute approximate surface area is 62.5 Å². The van der Waals surface area contributed by atoms with E-state index in [-0.39, 0.29) is 18.9 Å². The van der Waals surface area contributed by atoms with Crippen LogP contribution in [0.3, 0.4) is 0 Å². The van der Waals surface area contributed by atoms with E-state index in [2.05, 4.69) is 11.1 Å². The van der Waals surface area contributed by atoms with Gasteiger partial charge in [0.25, 0.3) is 0 Å². The Kier molecular flexibility index (Phi) is 3.06. The zero-order chi connectivity index (χ0) is 5.98. The number of rotatable bonds is 0. The summed E-state index contributed by atoms with van der Waals surface area (Å²) in [6.07, 6.45) is 1.17. The standard InChI is InChI=1S/C4H3N2O2.Li/c7-3-1-2-5-4(8)6-3;/h2H,(H2,5,6,7,8);/q-1;+1. The van der Waals surface area contributed by atoms with E-state index in [0.717, 1.165) is 0 Å². The maximum Gasteiger partial charge on any atom is 1.00 e. The molecule has 1 aromatic heterocycles. The van der Waals surface area contributed by atoms with Gasteiger partial charge in [-0.05, 0) is 0 Å². The Hall–Kier alpha value is -0.723. The van der Waals surface area contributed by atoms with Gasteiger partial charge in [-0.25, -0.2) is 4.79 Å². The summed E-state index contributed by atoms with van der Waals surface area (Å²) in [7, 11) is 0. The van der Waals surface area contributed by atoms with Crippen molar-refractivity contribution >= 4 is 0 Å². The minimum Gasteiger partial charge on any atom is -0.387 e. The van der Waals surface area contributed by atoms with Crippen LogP contribution in [0.25, 0.3) is 0 Å². The van der Waals surface area contributed by atoms with Crippen LogP contribution in [-0.4, -0.2) is 9.97 Å². The van der Waals surface area contributed by atoms with E-state index in [0.29, 0.717) is 0 Å². The molecule has 9 heavy (non-hydrogen) atoms. The first-order chi connectivity index (χ1) is 3.79. The fraction of sp³-hybridized carbons (Fsp3) is 0. The minimum absolute atomic E-state index is 0. The van der Waals surface area contributed by atoms with Crippen molar-refractivity contribution in [2.45, 2.75) is 0 Å². The molecule has 0 aliphatic rings. The molecule has 0 radical (unpaired) electrons. The summed E-state index contributed by atoms with van der Waals surface area (Å²) in [4.78, 5) is 24.5. The Bertz CT molecular complexity index is 251. The third-order valence-electron chi connectivity index (χ3n) is 0.634. The normalized spacial score (nSPS) is 8.00. The molecule has 0 spiro atoms. The van der Waals surface area contributed by atoms with Crippen molar-refractivity contribution in [1.29, 1.82) is 0 Å². The summed E-state index contributed by atoms with van der Waals surface area (Å²) in [6.45, 7) is 0. The molecule has 1 rings (SSSR count). The van der Waals surface area contributed by atoms with E-state index in [9.17, 15) is 9.59 Å². The number of aromatic nitrogens is 2. The van der Waals surface area contributed by atoms with E-state index < -0.39 is 11.2 Å². The largest absolute Gasteiger partial charge is 1.00 e. The molecule has 4 nitrogen and oxygen atoms in total. The molecule has 0 fully saturated rings. The number of H-pyrrole nitrogens is 2. The average molecular weight is 118 g/mol. The molecular formula is C4H3LiN2O2. The number of aromatic amines is 2. The van der Waals surface area contributed by atoms with Crippen LogP contribution < -0.4 is 30.1 Å². The summed E-state index contributed by atoms with van der Waals surface area (Å²) in [6, 6.07) is 2.21. The first kappa shape index (κ1) is 8.28. The van der Waals surface area contributed by atoms with Gasteiger partial charge in [-0.1, -0.05) is 0 Å². The first-order valence-electron chi connectivity index (χ1n) is 1.99. The van der Waals surface area contributed by atoms with Crippen LogP contribution in [0.5, 0.6) is 0 Å². The Morgan fingerprint density at radius 1 is 1.44 bits per heavy atom. The molecular weight excluding hydrogens is 115 g/mol. The van der Waals surface area contributed by atoms with E-state index in [1.54, 1.807) is 0 Å². The van der Waals surface area contributed by atoms with Gasteiger partial charge in [-0.15, -0.1) is 0 Å². The molecule has 0 aliphatic heterocycles. The van der Waals surface area contributed by atoms with Crippen molar-refractivity contribution in [1.82, 2.24) is 9.97 Å². The summed E-state index contributed by atoms with van der Waals surface area (Å²) in [5.41, 5.74) is -1.01. The van der Waals surface area contributed by atoms with Crippen LogP contribution in [0.1, 0.15) is 0 Å². The molecule has 0 aliphatic carbocycles. The van der Waals surface area contributed by atoms with Crippen molar-refractivity contribution in [3.05, 3.63) is 33.1 Å². The zero-order valence-corrected chi connectivity index (χ0v) is 4.89. The van der Waals surface area contributed by atoms with Crippen LogP contribution in [0, 0.1) is 6.07 Å². The molecule has 2 N–H and O–H groups in total. The smallest absolute Gasteiger partial charge is 0.387 e. The third-order valence-corrected chi connectivity index (χ3v) is 0.634. The second kappa shape index (κ2) is 3.33. The van der Waals surface area contributed by atoms with Gasteiger partial charge in [0.2, 0.25) is 0 Å². The molecule has 0 saturated carbocycles. The monoisotopic (exact) mass is 118 g/mol. The molecule has 42 valence electrons. The summed E-state index contributed by atoms with van der Waals surface area (Å²) in [5.74, 6) is 0. The molecule has 0 atom stereocenters. The van der Waals surface area contributed by atoms with Gasteiger partial charge in [0, 0.05) is 0 Å². The molecule has 1 heterocycles. The predicted octanol–water partition coefficient (Wildman–Crippen LogP) is -4.13. The van der Waals surface area contributed by atoms with Crippen molar-refractivity contribution < 1.29 is 18.9 Å². The number of hydrogen-bond acceptors (Lipinski definition) is 2. The van der Waals surface area contributed by atoms with E-state index in [1.165, 1.54) is 6.20 Å². The third kappa shape index (κ3) is 2.35. The maximum atomic E-state index is 10.2. The second-order valence-corrected chi connectivity index (χ2v) is 1.22. The molecule has 0 amide bonds. The van der Waals surface area contributed by atoms with E-state index in [4.69, 9.17) is 0 Å². The average Bonchev–Trinajstić information content (AvgIpc) is 1.64. The minimum atomic E-state index is -0.506. The quantitative estimate of drug-likeness (QED) is 0.268. The molecule has 0 bridgehead atoms. The molecule has 0 unspecified atom stereocenters. The van der Waals surface area contributed by atoms with Crippen LogP contribution >= 0.6 is 0 Å². The molecule has 5 heteroatoms. The number of nitrogens with one attached hydrogen (secondary N) is 2. The van der Waals surface area contributed by atoms with E-state index in [1.807, 2.05) is 4.98 Å². The Balaban J connectivity index is 0.000000640. The van der Waals surface area contributed by atoms with Crippen molar-refractivity contribution in [3.63, 3.8) is 0 Å². The van der Waals surface area contributed by atoms with Crippen molar-refractivity contribution in [2.75, 3.05) is 0 Å². The van der Waals surface area contributed by atoms with Gasteiger partial charge in [0.1, 0.15) is 0 Å². The molecule has 1 aromatic rings. The maximum absolute atomic E-state index is 10.2. The fourth-order valence-corrected chi connectivity index (χ4v) is 0.342. The Morgan fingerprint density at radius 3 is 2.44 bits per heavy atom. The van der Waals surface area contributed by atoms with Gasteiger partial charge < -0.3 is 20.8 Å². The van der Waals surface area contributed by atoms with Gasteiger partial charge in [0.15, 0.2) is 0 Å². The predicted molar refractivity (Wildman–Crippen MR) is 26.5 cm³/mol. The van der Waals surface area contributed by atoms with Crippen molar-refractivity contribution in [3.8, 4) is 0 Å². The van der Waals surface area contributed by atoms with Crippen molar-refractivity contribution in [2.24, 2.45) is 0 Å². The second-order valence-electron chi connectivity index (χ2n) is 1.22. The fourth-order valence-electron chi connectivity index (χ4n) is 0.342. The molecule has 0 saturated heterocycles. The van der Waals surface area contributed by atoms with Crippen LogP contribution in [0.2, 0.25) is 0 Å². The van der Waals surface area contributed by atoms with Gasteiger partial charge >= 0.3 is 24.6 Å². The van der Waals surface area contributed by atoms with Crippen LogP contribution in [0.15, 0.2) is 15.8 Å². The van der Waals surface area contributed by atoms with Crippen LogP contribution in [-0.2, 0) is 0 Å². The van der Waals surface area contributed by atoms with Gasteiger partial charge in [-0.2, -0.15) is 6.20 Å². The first-order valence-corrected chi connectivity index (χ1v) is 1.99. The summed E-state index contributed by atoms with van der Waals surface area (Å²) >= 11 is 0. The molecule has 0 aromatic carbocycles. The van der Waals surface area contributed by atoms with Crippen LogP contribution in [0.4, 0.5) is 0 Å². The SMILES string of the molecule is O=c1[c-]c[nH]c(=O)[nH]1.[Li+]. The van der Waals surface area contributed by atoms with Gasteiger partial charge in [0.05, 0.1) is 5.56 Å². The summed E-state index contributed by atoms with van der Waals surface area (Å²) in [5, 5.41) is 0. The zero-order valence-electron chi connectivity index (χ0n) is 4.89. The topological polar surface area (TPSA) is 65.7 Å². The Morgan fingerprint density at radius 2 is 2.11 bits per heavy atom. The number of hydrogen-bond donors (Lipinski definition) is 2. The van der Waals surface area contributed by atoms with E-state index >= 15 is 0 Å².